The Balaban J connectivity index is 2.39. The van der Waals surface area contributed by atoms with Crippen molar-refractivity contribution in [2.75, 3.05) is 0 Å². The number of furan rings is 1. The van der Waals surface area contributed by atoms with Crippen molar-refractivity contribution < 1.29 is 9.52 Å². The Hall–Kier alpha value is -1.54. The van der Waals surface area contributed by atoms with Gasteiger partial charge in [-0.25, -0.2) is 0 Å². The first kappa shape index (κ1) is 11.9. The van der Waals surface area contributed by atoms with Gasteiger partial charge in [0.2, 0.25) is 0 Å². The molecule has 1 unspecified atom stereocenters. The number of benzene rings is 1. The number of hydrogen-bond donors (Lipinski definition) is 1. The van der Waals surface area contributed by atoms with Gasteiger partial charge in [-0.15, -0.1) is 0 Å². The Kier molecular flexibility index (Phi) is 3.07. The van der Waals surface area contributed by atoms with Crippen LogP contribution < -0.4 is 0 Å². The van der Waals surface area contributed by atoms with E-state index >= 15 is 0 Å². The van der Waals surface area contributed by atoms with Gasteiger partial charge in [-0.1, -0.05) is 51.1 Å². The van der Waals surface area contributed by atoms with Crippen molar-refractivity contribution in [1.82, 2.24) is 0 Å². The van der Waals surface area contributed by atoms with E-state index < -0.39 is 6.10 Å². The minimum atomic E-state index is -0.621. The van der Waals surface area contributed by atoms with Crippen LogP contribution in [0.15, 0.2) is 47.3 Å². The van der Waals surface area contributed by atoms with Crippen molar-refractivity contribution in [2.45, 2.75) is 32.3 Å². The number of aliphatic hydroxyl groups excluding tert-OH is 1. The van der Waals surface area contributed by atoms with Gasteiger partial charge in [0.05, 0.1) is 12.5 Å². The van der Waals surface area contributed by atoms with Gasteiger partial charge >= 0.3 is 0 Å². The van der Waals surface area contributed by atoms with Crippen LogP contribution in [0.4, 0.5) is 0 Å². The lowest BCUT2D eigenvalue weighted by Gasteiger charge is -2.20. The Morgan fingerprint density at radius 3 is 2.29 bits per heavy atom. The van der Waals surface area contributed by atoms with E-state index in [2.05, 4.69) is 20.8 Å². The average molecular weight is 230 g/mol. The van der Waals surface area contributed by atoms with Crippen molar-refractivity contribution in [1.29, 1.82) is 0 Å². The van der Waals surface area contributed by atoms with E-state index in [-0.39, 0.29) is 5.41 Å². The summed E-state index contributed by atoms with van der Waals surface area (Å²) < 4.78 is 5.25. The van der Waals surface area contributed by atoms with Gasteiger partial charge in [0.1, 0.15) is 6.10 Å². The summed E-state index contributed by atoms with van der Waals surface area (Å²) in [6.07, 6.45) is 2.74. The predicted octanol–water partition coefficient (Wildman–Crippen LogP) is 3.66. The van der Waals surface area contributed by atoms with E-state index in [4.69, 9.17) is 4.42 Å². The third-order valence-electron chi connectivity index (χ3n) is 2.91. The molecule has 0 aliphatic carbocycles. The smallest absolute Gasteiger partial charge is 0.107 e. The van der Waals surface area contributed by atoms with Crippen LogP contribution in [0, 0.1) is 0 Å². The molecule has 2 heteroatoms. The molecule has 2 aromatic rings. The highest BCUT2D eigenvalue weighted by molar-refractivity contribution is 5.36. The molecule has 0 amide bonds. The lowest BCUT2D eigenvalue weighted by atomic mass is 9.84. The van der Waals surface area contributed by atoms with E-state index in [9.17, 15) is 5.11 Å². The molecule has 0 saturated heterocycles. The third kappa shape index (κ3) is 2.42. The maximum absolute atomic E-state index is 10.4. The fraction of sp³-hybridized carbons (Fsp3) is 0.333. The summed E-state index contributed by atoms with van der Waals surface area (Å²) in [6, 6.07) is 9.63. The third-order valence-corrected chi connectivity index (χ3v) is 2.91. The van der Waals surface area contributed by atoms with Crippen LogP contribution >= 0.6 is 0 Å². The average Bonchev–Trinajstić information content (AvgIpc) is 2.78. The number of rotatable bonds is 2. The van der Waals surface area contributed by atoms with Crippen LogP contribution in [-0.2, 0) is 5.41 Å². The van der Waals surface area contributed by atoms with Gasteiger partial charge in [0, 0.05) is 11.1 Å². The van der Waals surface area contributed by atoms with Crippen molar-refractivity contribution in [3.05, 3.63) is 59.5 Å². The quantitative estimate of drug-likeness (QED) is 0.854. The molecule has 0 radical (unpaired) electrons. The second-order valence-electron chi connectivity index (χ2n) is 5.30. The van der Waals surface area contributed by atoms with Crippen LogP contribution in [0.3, 0.4) is 0 Å². The highest BCUT2D eigenvalue weighted by Gasteiger charge is 2.24. The highest BCUT2D eigenvalue weighted by Crippen LogP contribution is 2.33. The molecular weight excluding hydrogens is 212 g/mol. The SMILES string of the molecule is CC(C)(C)c1cocc1C(O)c1ccccc1. The van der Waals surface area contributed by atoms with E-state index in [0.717, 1.165) is 16.7 Å². The first-order chi connectivity index (χ1) is 8.00. The fourth-order valence-corrected chi connectivity index (χ4v) is 1.94. The first-order valence-corrected chi connectivity index (χ1v) is 5.79. The zero-order valence-corrected chi connectivity index (χ0v) is 10.5. The lowest BCUT2D eigenvalue weighted by molar-refractivity contribution is 0.217. The Bertz CT molecular complexity index is 477. The zero-order chi connectivity index (χ0) is 12.5. The predicted molar refractivity (Wildman–Crippen MR) is 67.9 cm³/mol. The van der Waals surface area contributed by atoms with Crippen molar-refractivity contribution >= 4 is 0 Å². The monoisotopic (exact) mass is 230 g/mol. The van der Waals surface area contributed by atoms with Crippen LogP contribution in [0.25, 0.3) is 0 Å². The van der Waals surface area contributed by atoms with Crippen LogP contribution in [-0.4, -0.2) is 5.11 Å². The molecular formula is C15H18O2. The summed E-state index contributed by atoms with van der Waals surface area (Å²) in [7, 11) is 0. The highest BCUT2D eigenvalue weighted by atomic mass is 16.3. The van der Waals surface area contributed by atoms with Gasteiger partial charge in [0.15, 0.2) is 0 Å². The summed E-state index contributed by atoms with van der Waals surface area (Å²) in [5.41, 5.74) is 2.76. The molecule has 1 aromatic carbocycles. The molecule has 0 fully saturated rings. The van der Waals surface area contributed by atoms with E-state index in [1.54, 1.807) is 12.5 Å². The molecule has 0 aliphatic heterocycles. The molecule has 0 aliphatic rings. The van der Waals surface area contributed by atoms with Crippen molar-refractivity contribution in [3.8, 4) is 0 Å². The van der Waals surface area contributed by atoms with Crippen molar-refractivity contribution in [3.63, 3.8) is 0 Å². The normalized spacial score (nSPS) is 13.6. The second kappa shape index (κ2) is 4.38. The van der Waals surface area contributed by atoms with Gasteiger partial charge in [-0.3, -0.25) is 0 Å². The van der Waals surface area contributed by atoms with Gasteiger partial charge < -0.3 is 9.52 Å². The summed E-state index contributed by atoms with van der Waals surface area (Å²) in [6.45, 7) is 6.33. The van der Waals surface area contributed by atoms with Gasteiger partial charge in [0.25, 0.3) is 0 Å². The Morgan fingerprint density at radius 2 is 1.71 bits per heavy atom. The largest absolute Gasteiger partial charge is 0.472 e. The summed E-state index contributed by atoms with van der Waals surface area (Å²) in [4.78, 5) is 0. The molecule has 2 rings (SSSR count). The molecule has 0 saturated carbocycles. The maximum Gasteiger partial charge on any atom is 0.107 e. The molecule has 2 nitrogen and oxygen atoms in total. The Morgan fingerprint density at radius 1 is 1.06 bits per heavy atom. The molecule has 90 valence electrons. The van der Waals surface area contributed by atoms with Crippen molar-refractivity contribution in [2.24, 2.45) is 0 Å². The topological polar surface area (TPSA) is 33.4 Å². The molecule has 1 aromatic heterocycles. The van der Waals surface area contributed by atoms with Crippen LogP contribution in [0.5, 0.6) is 0 Å². The molecule has 1 heterocycles. The summed E-state index contributed by atoms with van der Waals surface area (Å²) in [5, 5.41) is 10.4. The number of aliphatic hydroxyl groups is 1. The molecule has 1 atom stereocenters. The summed E-state index contributed by atoms with van der Waals surface area (Å²) in [5.74, 6) is 0. The minimum Gasteiger partial charge on any atom is -0.472 e. The first-order valence-electron chi connectivity index (χ1n) is 5.79. The zero-order valence-electron chi connectivity index (χ0n) is 10.5. The van der Waals surface area contributed by atoms with E-state index in [1.165, 1.54) is 0 Å². The van der Waals surface area contributed by atoms with E-state index in [1.807, 2.05) is 30.3 Å². The maximum atomic E-state index is 10.4. The minimum absolute atomic E-state index is 0.0297. The molecule has 0 bridgehead atoms. The lowest BCUT2D eigenvalue weighted by Crippen LogP contribution is -2.14. The standard InChI is InChI=1S/C15H18O2/c1-15(2,3)13-10-17-9-12(13)14(16)11-7-5-4-6-8-11/h4-10,14,16H,1-3H3. The second-order valence-corrected chi connectivity index (χ2v) is 5.30. The van der Waals surface area contributed by atoms with Crippen LogP contribution in [0.2, 0.25) is 0 Å². The van der Waals surface area contributed by atoms with E-state index in [0.29, 0.717) is 0 Å². The van der Waals surface area contributed by atoms with Gasteiger partial charge in [-0.2, -0.15) is 0 Å². The molecule has 1 N–H and O–H groups in total. The summed E-state index contributed by atoms with van der Waals surface area (Å²) >= 11 is 0. The molecule has 0 spiro atoms. The molecule has 17 heavy (non-hydrogen) atoms. The number of hydrogen-bond acceptors (Lipinski definition) is 2. The fourth-order valence-electron chi connectivity index (χ4n) is 1.94. The van der Waals surface area contributed by atoms with Crippen LogP contribution in [0.1, 0.15) is 43.6 Å². The van der Waals surface area contributed by atoms with Gasteiger partial charge in [-0.05, 0) is 11.0 Å². The Labute approximate surface area is 102 Å².